The van der Waals surface area contributed by atoms with Gasteiger partial charge in [0.25, 0.3) is 5.91 Å². The van der Waals surface area contributed by atoms with Gasteiger partial charge >= 0.3 is 0 Å². The average Bonchev–Trinajstić information content (AvgIpc) is 2.91. The van der Waals surface area contributed by atoms with Gasteiger partial charge in [-0.2, -0.15) is 0 Å². The number of amides is 2. The molecule has 0 aliphatic carbocycles. The number of halogens is 2. The molecule has 0 bridgehead atoms. The molecule has 0 saturated heterocycles. The lowest BCUT2D eigenvalue weighted by molar-refractivity contribution is -0.120. The molecule has 1 N–H and O–H groups in total. The Labute approximate surface area is 214 Å². The van der Waals surface area contributed by atoms with Crippen molar-refractivity contribution in [2.24, 2.45) is 0 Å². The van der Waals surface area contributed by atoms with Crippen LogP contribution in [0, 0.1) is 11.6 Å². The van der Waals surface area contributed by atoms with Crippen LogP contribution in [0.4, 0.5) is 14.5 Å². The van der Waals surface area contributed by atoms with Crippen LogP contribution in [0.3, 0.4) is 0 Å². The molecule has 0 atom stereocenters. The van der Waals surface area contributed by atoms with E-state index >= 15 is 0 Å². The van der Waals surface area contributed by atoms with Crippen molar-refractivity contribution >= 4 is 23.6 Å². The maximum atomic E-state index is 13.8. The Bertz CT molecular complexity index is 1370. The van der Waals surface area contributed by atoms with Gasteiger partial charge < -0.3 is 10.2 Å². The molecule has 0 aromatic heterocycles. The van der Waals surface area contributed by atoms with Crippen LogP contribution in [-0.4, -0.2) is 11.8 Å². The zero-order chi connectivity index (χ0) is 26.0. The third-order valence-corrected chi connectivity index (χ3v) is 5.73. The van der Waals surface area contributed by atoms with E-state index in [-0.39, 0.29) is 36.4 Å². The predicted molar refractivity (Wildman–Crippen MR) is 141 cm³/mol. The molecule has 186 valence electrons. The Morgan fingerprint density at radius 3 is 2.14 bits per heavy atom. The summed E-state index contributed by atoms with van der Waals surface area (Å²) in [6.07, 6.45) is 3.39. The summed E-state index contributed by atoms with van der Waals surface area (Å²) in [4.78, 5) is 27.1. The topological polar surface area (TPSA) is 49.4 Å². The number of anilines is 1. The van der Waals surface area contributed by atoms with Crippen LogP contribution in [-0.2, 0) is 29.1 Å². The first kappa shape index (κ1) is 25.5. The monoisotopic (exact) mass is 496 g/mol. The van der Waals surface area contributed by atoms with Gasteiger partial charge in [0.15, 0.2) is 0 Å². The Hall–Kier alpha value is -4.58. The van der Waals surface area contributed by atoms with Gasteiger partial charge in [-0.25, -0.2) is 8.78 Å². The fraction of sp³-hybridized carbons (Fsp3) is 0.0968. The van der Waals surface area contributed by atoms with Gasteiger partial charge in [0.2, 0.25) is 5.91 Å². The van der Waals surface area contributed by atoms with Crippen LogP contribution < -0.4 is 10.2 Å². The number of carbonyl (C=O) groups excluding carboxylic acids is 2. The molecule has 0 saturated carbocycles. The van der Waals surface area contributed by atoms with Gasteiger partial charge in [0.1, 0.15) is 11.6 Å². The van der Waals surface area contributed by atoms with Crippen LogP contribution in [0.2, 0.25) is 0 Å². The molecule has 0 unspecified atom stereocenters. The lowest BCUT2D eigenvalue weighted by Gasteiger charge is -2.22. The molecule has 2 amide bonds. The van der Waals surface area contributed by atoms with Gasteiger partial charge in [0, 0.05) is 18.3 Å². The first-order valence-corrected chi connectivity index (χ1v) is 11.9. The largest absolute Gasteiger partial charge is 0.352 e. The van der Waals surface area contributed by atoms with Crippen molar-refractivity contribution < 1.29 is 18.4 Å². The lowest BCUT2D eigenvalue weighted by Crippen LogP contribution is -2.29. The number of rotatable bonds is 9. The highest BCUT2D eigenvalue weighted by Crippen LogP contribution is 2.20. The third kappa shape index (κ3) is 7.70. The van der Waals surface area contributed by atoms with Gasteiger partial charge in [-0.15, -0.1) is 0 Å². The molecule has 0 spiro atoms. The quantitative estimate of drug-likeness (QED) is 0.286. The summed E-state index contributed by atoms with van der Waals surface area (Å²) in [6.45, 7) is 0.494. The van der Waals surface area contributed by atoms with Gasteiger partial charge in [-0.1, -0.05) is 66.7 Å². The van der Waals surface area contributed by atoms with E-state index in [0.717, 1.165) is 16.7 Å². The van der Waals surface area contributed by atoms with Crippen molar-refractivity contribution in [1.29, 1.82) is 0 Å². The standard InChI is InChI=1S/C31H26F2N2O2/c32-27-14-9-25(10-15-27)21-34-30(36)20-24-11-16-29(17-12-24)35(22-26-7-4-8-28(33)19-26)31(37)18-13-23-5-2-1-3-6-23/h1-19H,20-22H2,(H,34,36)/b18-13+. The average molecular weight is 497 g/mol. The lowest BCUT2D eigenvalue weighted by atomic mass is 10.1. The minimum absolute atomic E-state index is 0.160. The van der Waals surface area contributed by atoms with Crippen molar-refractivity contribution in [3.05, 3.63) is 143 Å². The Morgan fingerprint density at radius 1 is 0.730 bits per heavy atom. The second-order valence-corrected chi connectivity index (χ2v) is 8.54. The fourth-order valence-corrected chi connectivity index (χ4v) is 3.78. The van der Waals surface area contributed by atoms with Gasteiger partial charge in [0.05, 0.1) is 13.0 Å². The number of nitrogens with zero attached hydrogens (tertiary/aromatic N) is 1. The Kier molecular flexibility index (Phi) is 8.55. The van der Waals surface area contributed by atoms with Gasteiger partial charge in [-0.3, -0.25) is 9.59 Å². The number of hydrogen-bond donors (Lipinski definition) is 1. The summed E-state index contributed by atoms with van der Waals surface area (Å²) >= 11 is 0. The van der Waals surface area contributed by atoms with E-state index < -0.39 is 0 Å². The number of hydrogen-bond acceptors (Lipinski definition) is 2. The van der Waals surface area contributed by atoms with Crippen molar-refractivity contribution in [2.45, 2.75) is 19.5 Å². The smallest absolute Gasteiger partial charge is 0.251 e. The van der Waals surface area contributed by atoms with Crippen LogP contribution in [0.5, 0.6) is 0 Å². The van der Waals surface area contributed by atoms with Crippen LogP contribution in [0.15, 0.2) is 109 Å². The van der Waals surface area contributed by atoms with E-state index in [0.29, 0.717) is 17.8 Å². The van der Waals surface area contributed by atoms with Crippen LogP contribution >= 0.6 is 0 Å². The first-order chi connectivity index (χ1) is 18.0. The van der Waals surface area contributed by atoms with E-state index in [9.17, 15) is 18.4 Å². The molecular formula is C31H26F2N2O2. The normalized spacial score (nSPS) is 10.9. The second kappa shape index (κ2) is 12.4. The highest BCUT2D eigenvalue weighted by molar-refractivity contribution is 6.03. The fourth-order valence-electron chi connectivity index (χ4n) is 3.78. The molecule has 0 aliphatic rings. The molecular weight excluding hydrogens is 470 g/mol. The predicted octanol–water partition coefficient (Wildman–Crippen LogP) is 6.07. The molecule has 4 rings (SSSR count). The molecule has 0 aliphatic heterocycles. The summed E-state index contributed by atoms with van der Waals surface area (Å²) in [5, 5.41) is 2.82. The van der Waals surface area contributed by atoms with Crippen LogP contribution in [0.1, 0.15) is 22.3 Å². The van der Waals surface area contributed by atoms with Crippen LogP contribution in [0.25, 0.3) is 6.08 Å². The van der Waals surface area contributed by atoms with E-state index in [1.54, 1.807) is 59.5 Å². The zero-order valence-corrected chi connectivity index (χ0v) is 20.1. The summed E-state index contributed by atoms with van der Waals surface area (Å²) in [6, 6.07) is 28.7. The zero-order valence-electron chi connectivity index (χ0n) is 20.1. The first-order valence-electron chi connectivity index (χ1n) is 11.9. The second-order valence-electron chi connectivity index (χ2n) is 8.54. The highest BCUT2D eigenvalue weighted by Gasteiger charge is 2.15. The summed E-state index contributed by atoms with van der Waals surface area (Å²) < 4.78 is 26.8. The molecule has 0 fully saturated rings. The summed E-state index contributed by atoms with van der Waals surface area (Å²) in [5.41, 5.74) is 3.76. The minimum Gasteiger partial charge on any atom is -0.352 e. The minimum atomic E-state index is -0.369. The van der Waals surface area contributed by atoms with E-state index in [4.69, 9.17) is 0 Å². The molecule has 0 radical (unpaired) electrons. The Balaban J connectivity index is 1.45. The maximum Gasteiger partial charge on any atom is 0.251 e. The van der Waals surface area contributed by atoms with E-state index in [1.807, 2.05) is 30.3 Å². The summed E-state index contributed by atoms with van der Waals surface area (Å²) in [5.74, 6) is -1.11. The molecule has 4 aromatic carbocycles. The molecule has 4 nitrogen and oxygen atoms in total. The molecule has 6 heteroatoms. The third-order valence-electron chi connectivity index (χ3n) is 5.73. The number of benzene rings is 4. The van der Waals surface area contributed by atoms with Crippen molar-refractivity contribution in [3.8, 4) is 0 Å². The Morgan fingerprint density at radius 2 is 1.43 bits per heavy atom. The van der Waals surface area contributed by atoms with Gasteiger partial charge in [-0.05, 0) is 64.7 Å². The SMILES string of the molecule is O=C(Cc1ccc(N(Cc2cccc(F)c2)C(=O)/C=C/c2ccccc2)cc1)NCc1ccc(F)cc1. The molecule has 0 heterocycles. The van der Waals surface area contributed by atoms with E-state index in [2.05, 4.69) is 5.32 Å². The summed E-state index contributed by atoms with van der Waals surface area (Å²) in [7, 11) is 0. The van der Waals surface area contributed by atoms with Crippen molar-refractivity contribution in [1.82, 2.24) is 5.32 Å². The maximum absolute atomic E-state index is 13.8. The van der Waals surface area contributed by atoms with E-state index in [1.165, 1.54) is 30.3 Å². The number of carbonyl (C=O) groups is 2. The van der Waals surface area contributed by atoms with Crippen molar-refractivity contribution in [2.75, 3.05) is 4.90 Å². The highest BCUT2D eigenvalue weighted by atomic mass is 19.1. The molecule has 4 aromatic rings. The molecule has 37 heavy (non-hydrogen) atoms. The van der Waals surface area contributed by atoms with Crippen molar-refractivity contribution in [3.63, 3.8) is 0 Å². The number of nitrogens with one attached hydrogen (secondary N) is 1.